The van der Waals surface area contributed by atoms with Gasteiger partial charge < -0.3 is 9.64 Å². The van der Waals surface area contributed by atoms with E-state index in [1.807, 2.05) is 0 Å². The minimum atomic E-state index is -3.14. The van der Waals surface area contributed by atoms with Gasteiger partial charge in [-0.2, -0.15) is 4.99 Å². The zero-order chi connectivity index (χ0) is 17.6. The molecule has 1 aromatic carbocycles. The van der Waals surface area contributed by atoms with E-state index in [1.54, 1.807) is 17.0 Å². The number of aliphatic imine (C=N–C) groups is 1. The quantitative estimate of drug-likeness (QED) is 0.771. The number of carbonyl (C=O) groups excluding carboxylic acids is 1. The maximum absolute atomic E-state index is 13.7. The molecule has 3 aliphatic rings. The first-order valence-corrected chi connectivity index (χ1v) is 10.8. The molecule has 3 saturated heterocycles. The van der Waals surface area contributed by atoms with Crippen LogP contribution in [0, 0.1) is 5.82 Å². The molecule has 1 aromatic rings. The molecule has 134 valence electrons. The zero-order valence-corrected chi connectivity index (χ0v) is 14.9. The van der Waals surface area contributed by atoms with Gasteiger partial charge in [0.25, 0.3) is 5.91 Å². The van der Waals surface area contributed by atoms with E-state index in [1.165, 1.54) is 23.9 Å². The molecule has 0 N–H and O–H groups in total. The van der Waals surface area contributed by atoms with Crippen molar-refractivity contribution in [3.8, 4) is 0 Å². The van der Waals surface area contributed by atoms with Gasteiger partial charge in [0.1, 0.15) is 11.9 Å². The predicted molar refractivity (Wildman–Crippen MR) is 94.1 cm³/mol. The lowest BCUT2D eigenvalue weighted by molar-refractivity contribution is -0.126. The number of ether oxygens (including phenoxy) is 1. The number of thioether (sulfide) groups is 1. The van der Waals surface area contributed by atoms with Crippen LogP contribution in [0.1, 0.15) is 12.8 Å². The fourth-order valence-corrected chi connectivity index (χ4v) is 7.35. The zero-order valence-electron chi connectivity index (χ0n) is 13.3. The highest BCUT2D eigenvalue weighted by molar-refractivity contribution is 8.16. The van der Waals surface area contributed by atoms with Gasteiger partial charge >= 0.3 is 0 Å². The Morgan fingerprint density at radius 2 is 2.20 bits per heavy atom. The average Bonchev–Trinajstić information content (AvgIpc) is 3.21. The van der Waals surface area contributed by atoms with Gasteiger partial charge in [-0.3, -0.25) is 4.79 Å². The van der Waals surface area contributed by atoms with E-state index in [2.05, 4.69) is 4.99 Å². The topological polar surface area (TPSA) is 76.0 Å². The summed E-state index contributed by atoms with van der Waals surface area (Å²) < 4.78 is 43.0. The standard InChI is InChI=1S/C16H17FN2O4S2/c17-10-3-1-4-11(7-10)19-12-8-25(21,22)9-14(12)24-16(19)18-15(20)13-5-2-6-23-13/h1,3-4,7,12-14H,2,5-6,8-9H2/t12-,13-,14+/m0/s1. The Morgan fingerprint density at radius 1 is 1.36 bits per heavy atom. The van der Waals surface area contributed by atoms with Gasteiger partial charge in [0.15, 0.2) is 15.0 Å². The third-order valence-electron chi connectivity index (χ3n) is 4.56. The van der Waals surface area contributed by atoms with Crippen molar-refractivity contribution in [1.82, 2.24) is 0 Å². The molecule has 3 atom stereocenters. The molecule has 3 aliphatic heterocycles. The summed E-state index contributed by atoms with van der Waals surface area (Å²) in [6.07, 6.45) is 0.930. The molecule has 0 aliphatic carbocycles. The van der Waals surface area contributed by atoms with Gasteiger partial charge in [0.05, 0.1) is 17.5 Å². The van der Waals surface area contributed by atoms with E-state index < -0.39 is 21.8 Å². The fourth-order valence-electron chi connectivity index (χ4n) is 3.43. The number of nitrogens with zero attached hydrogens (tertiary/aromatic N) is 2. The number of amidine groups is 1. The van der Waals surface area contributed by atoms with Crippen molar-refractivity contribution in [3.05, 3.63) is 30.1 Å². The minimum Gasteiger partial charge on any atom is -0.368 e. The fraction of sp³-hybridized carbons (Fsp3) is 0.500. The lowest BCUT2D eigenvalue weighted by Gasteiger charge is -2.24. The van der Waals surface area contributed by atoms with Crippen LogP contribution in [0.5, 0.6) is 0 Å². The number of fused-ring (bicyclic) bond motifs is 1. The highest BCUT2D eigenvalue weighted by Gasteiger charge is 2.49. The van der Waals surface area contributed by atoms with Crippen LogP contribution in [0.4, 0.5) is 10.1 Å². The lowest BCUT2D eigenvalue weighted by Crippen LogP contribution is -2.38. The second-order valence-electron chi connectivity index (χ2n) is 6.38. The molecular weight excluding hydrogens is 367 g/mol. The van der Waals surface area contributed by atoms with Crippen molar-refractivity contribution in [2.24, 2.45) is 4.99 Å². The van der Waals surface area contributed by atoms with Gasteiger partial charge in [-0.25, -0.2) is 12.8 Å². The monoisotopic (exact) mass is 384 g/mol. The molecule has 1 amide bonds. The van der Waals surface area contributed by atoms with E-state index in [4.69, 9.17) is 4.74 Å². The van der Waals surface area contributed by atoms with Crippen LogP contribution in [-0.4, -0.2) is 55.0 Å². The molecule has 0 spiro atoms. The molecule has 25 heavy (non-hydrogen) atoms. The summed E-state index contributed by atoms with van der Waals surface area (Å²) in [5, 5.41) is 0.223. The first-order chi connectivity index (χ1) is 11.9. The summed E-state index contributed by atoms with van der Waals surface area (Å²) in [4.78, 5) is 18.2. The van der Waals surface area contributed by atoms with Crippen LogP contribution >= 0.6 is 11.8 Å². The SMILES string of the molecule is O=C(N=C1S[C@@H]2CS(=O)(=O)C[C@@H]2N1c1cccc(F)c1)[C@@H]1CCCO1. The molecule has 0 radical (unpaired) electrons. The van der Waals surface area contributed by atoms with Gasteiger partial charge in [0.2, 0.25) is 0 Å². The molecule has 6 nitrogen and oxygen atoms in total. The number of benzene rings is 1. The van der Waals surface area contributed by atoms with Crippen molar-refractivity contribution >= 4 is 38.4 Å². The first kappa shape index (κ1) is 17.0. The maximum atomic E-state index is 13.7. The molecular formula is C16H17FN2O4S2. The van der Waals surface area contributed by atoms with Crippen molar-refractivity contribution in [2.75, 3.05) is 23.0 Å². The summed E-state index contributed by atoms with van der Waals surface area (Å²) in [5.41, 5.74) is 0.510. The Hall–Kier alpha value is -1.45. The third kappa shape index (κ3) is 3.32. The summed E-state index contributed by atoms with van der Waals surface area (Å²) in [7, 11) is -3.14. The van der Waals surface area contributed by atoms with E-state index in [0.717, 1.165) is 6.42 Å². The molecule has 9 heteroatoms. The van der Waals surface area contributed by atoms with E-state index >= 15 is 0 Å². The number of rotatable bonds is 2. The molecule has 3 fully saturated rings. The van der Waals surface area contributed by atoms with Crippen molar-refractivity contribution in [2.45, 2.75) is 30.2 Å². The van der Waals surface area contributed by atoms with Crippen LogP contribution in [0.3, 0.4) is 0 Å². The number of carbonyl (C=O) groups is 1. The van der Waals surface area contributed by atoms with E-state index in [-0.39, 0.29) is 28.7 Å². The largest absolute Gasteiger partial charge is 0.368 e. The van der Waals surface area contributed by atoms with Crippen LogP contribution in [0.25, 0.3) is 0 Å². The van der Waals surface area contributed by atoms with Crippen LogP contribution in [0.2, 0.25) is 0 Å². The van der Waals surface area contributed by atoms with Crippen LogP contribution < -0.4 is 4.90 Å². The average molecular weight is 384 g/mol. The smallest absolute Gasteiger partial charge is 0.277 e. The van der Waals surface area contributed by atoms with Crippen molar-refractivity contribution in [1.29, 1.82) is 0 Å². The van der Waals surface area contributed by atoms with Gasteiger partial charge in [-0.15, -0.1) is 0 Å². The van der Waals surface area contributed by atoms with Gasteiger partial charge in [-0.1, -0.05) is 17.8 Å². The number of hydrogen-bond donors (Lipinski definition) is 0. The number of amides is 1. The first-order valence-electron chi connectivity index (χ1n) is 8.09. The Morgan fingerprint density at radius 3 is 2.92 bits per heavy atom. The lowest BCUT2D eigenvalue weighted by atomic mass is 10.2. The third-order valence-corrected chi connectivity index (χ3v) is 7.77. The number of hydrogen-bond acceptors (Lipinski definition) is 5. The van der Waals surface area contributed by atoms with Crippen LogP contribution in [0.15, 0.2) is 29.3 Å². The molecule has 3 heterocycles. The summed E-state index contributed by atoms with van der Waals surface area (Å²) in [6, 6.07) is 5.58. The minimum absolute atomic E-state index is 0.0195. The predicted octanol–water partition coefficient (Wildman–Crippen LogP) is 1.61. The molecule has 0 aromatic heterocycles. The second kappa shape index (κ2) is 6.37. The number of halogens is 1. The summed E-state index contributed by atoms with van der Waals surface area (Å²) >= 11 is 1.28. The molecule has 0 bridgehead atoms. The Labute approximate surface area is 149 Å². The normalized spacial score (nSPS) is 32.3. The second-order valence-corrected chi connectivity index (χ2v) is 9.74. The number of anilines is 1. The van der Waals surface area contributed by atoms with Crippen molar-refractivity contribution in [3.63, 3.8) is 0 Å². The molecule has 0 saturated carbocycles. The Kier molecular flexibility index (Phi) is 4.33. The highest BCUT2D eigenvalue weighted by atomic mass is 32.2. The van der Waals surface area contributed by atoms with Crippen molar-refractivity contribution < 1.29 is 22.3 Å². The van der Waals surface area contributed by atoms with Gasteiger partial charge in [-0.05, 0) is 31.0 Å². The molecule has 0 unspecified atom stereocenters. The molecule has 4 rings (SSSR count). The highest BCUT2D eigenvalue weighted by Crippen LogP contribution is 2.41. The van der Waals surface area contributed by atoms with Crippen LogP contribution in [-0.2, 0) is 19.4 Å². The summed E-state index contributed by atoms with van der Waals surface area (Å²) in [5.74, 6) is -0.754. The Bertz CT molecular complexity index is 836. The van der Waals surface area contributed by atoms with E-state index in [9.17, 15) is 17.6 Å². The van der Waals surface area contributed by atoms with E-state index in [0.29, 0.717) is 23.9 Å². The van der Waals surface area contributed by atoms with Gasteiger partial charge in [0, 0.05) is 17.5 Å². The summed E-state index contributed by atoms with van der Waals surface area (Å²) in [6.45, 7) is 0.547. The Balaban J connectivity index is 1.69. The number of sulfone groups is 1. The maximum Gasteiger partial charge on any atom is 0.277 e.